The monoisotopic (exact) mass is 480 g/mol. The van der Waals surface area contributed by atoms with E-state index < -0.39 is 52.5 Å². The predicted molar refractivity (Wildman–Crippen MR) is 117 cm³/mol. The summed E-state index contributed by atoms with van der Waals surface area (Å²) in [4.78, 5) is 50.5. The molecule has 1 unspecified atom stereocenters. The molecule has 1 aliphatic rings. The van der Waals surface area contributed by atoms with E-state index in [9.17, 15) is 19.2 Å². The molecule has 0 spiro atoms. The molecule has 3 atom stereocenters. The summed E-state index contributed by atoms with van der Waals surface area (Å²) < 4.78 is 18.1. The maximum absolute atomic E-state index is 12.4. The van der Waals surface area contributed by atoms with E-state index in [1.54, 1.807) is 48.5 Å². The zero-order valence-corrected chi connectivity index (χ0v) is 22.4. The Kier molecular flexibility index (Phi) is 13.7. The summed E-state index contributed by atoms with van der Waals surface area (Å²) in [7, 11) is 0.750. The van der Waals surface area contributed by atoms with E-state index in [0.29, 0.717) is 5.56 Å². The summed E-state index contributed by atoms with van der Waals surface area (Å²) in [5.74, 6) is -0.841. The van der Waals surface area contributed by atoms with Crippen molar-refractivity contribution in [3.8, 4) is 0 Å². The molecule has 33 heavy (non-hydrogen) atoms. The minimum Gasteiger partial charge on any atom is -0.857 e. The molecule has 0 bridgehead atoms. The number of ether oxygens (including phenoxy) is 3. The fourth-order valence-electron chi connectivity index (χ4n) is 2.63. The molecule has 0 aliphatic carbocycles. The first-order valence-corrected chi connectivity index (χ1v) is 9.97. The van der Waals surface area contributed by atoms with Crippen LogP contribution in [0.2, 0.25) is 0 Å². The van der Waals surface area contributed by atoms with Gasteiger partial charge in [0.05, 0.1) is 10.8 Å². The molecule has 1 aliphatic heterocycles. The number of hydrogen-bond donors (Lipinski definition) is 1. The average molecular weight is 481 g/mol. The van der Waals surface area contributed by atoms with Gasteiger partial charge in [0.25, 0.3) is 5.56 Å². The number of rotatable bonds is 4. The van der Waals surface area contributed by atoms with Gasteiger partial charge in [0, 0.05) is 18.2 Å². The van der Waals surface area contributed by atoms with Gasteiger partial charge in [-0.2, -0.15) is 7.11 Å². The van der Waals surface area contributed by atoms with Crippen LogP contribution >= 0.6 is 0 Å². The summed E-state index contributed by atoms with van der Waals surface area (Å²) in [6, 6.07) is 0. The van der Waals surface area contributed by atoms with Crippen molar-refractivity contribution in [2.45, 2.75) is 80.7 Å². The minimum absolute atomic E-state index is 0. The van der Waals surface area contributed by atoms with Crippen LogP contribution in [-0.2, 0) is 23.8 Å². The maximum Gasteiger partial charge on any atom is 1.00 e. The summed E-state index contributed by atoms with van der Waals surface area (Å²) in [6.45, 7) is 11.8. The Bertz CT molecular complexity index is 895. The molecule has 0 radical (unpaired) electrons. The van der Waals surface area contributed by atoms with Crippen LogP contribution in [0.5, 0.6) is 0 Å². The van der Waals surface area contributed by atoms with Crippen LogP contribution in [-0.4, -0.2) is 47.4 Å². The number of H-pyrrole nitrogens is 1. The van der Waals surface area contributed by atoms with Crippen LogP contribution < -0.4 is 45.9 Å². The molecule has 1 aromatic rings. The summed E-state index contributed by atoms with van der Waals surface area (Å²) in [5, 5.41) is 8.25. The van der Waals surface area contributed by atoms with Crippen molar-refractivity contribution in [2.24, 2.45) is 10.8 Å². The van der Waals surface area contributed by atoms with Gasteiger partial charge in [-0.1, -0.05) is 7.43 Å². The molecule has 2 heterocycles. The van der Waals surface area contributed by atoms with Gasteiger partial charge < -0.3 is 19.3 Å². The Morgan fingerprint density at radius 2 is 1.64 bits per heavy atom. The van der Waals surface area contributed by atoms with E-state index >= 15 is 0 Å². The van der Waals surface area contributed by atoms with Gasteiger partial charge in [-0.05, 0) is 48.5 Å². The van der Waals surface area contributed by atoms with Crippen LogP contribution in [0, 0.1) is 17.8 Å². The first-order chi connectivity index (χ1) is 14.2. The average Bonchev–Trinajstić information content (AvgIpc) is 3.05. The predicted octanol–water partition coefficient (Wildman–Crippen LogP) is -1.70. The van der Waals surface area contributed by atoms with Gasteiger partial charge in [-0.3, -0.25) is 23.9 Å². The Morgan fingerprint density at radius 3 is 2.12 bits per heavy atom. The Labute approximate surface area is 217 Å². The second-order valence-electron chi connectivity index (χ2n) is 9.39. The molecule has 2 rings (SSSR count). The van der Waals surface area contributed by atoms with E-state index in [1.807, 2.05) is 0 Å². The Hall–Kier alpha value is -1.46. The van der Waals surface area contributed by atoms with E-state index in [1.165, 1.54) is 10.8 Å². The fraction of sp³-hybridized carbons (Fsp3) is 0.727. The number of carbonyl (C=O) groups excluding carboxylic acids is 2. The molecule has 10 nitrogen and oxygen atoms in total. The first kappa shape index (κ1) is 33.7. The molecule has 184 valence electrons. The normalized spacial score (nSPS) is 19.8. The molecular weight excluding hydrogens is 443 g/mol. The third-order valence-electron chi connectivity index (χ3n) is 4.50. The van der Waals surface area contributed by atoms with E-state index in [2.05, 4.69) is 4.98 Å². The van der Waals surface area contributed by atoms with Crippen molar-refractivity contribution >= 4 is 11.9 Å². The number of aromatic nitrogens is 2. The van der Waals surface area contributed by atoms with Crippen molar-refractivity contribution in [1.29, 1.82) is 0 Å². The maximum atomic E-state index is 12.4. The van der Waals surface area contributed by atoms with Crippen LogP contribution in [0.3, 0.4) is 0 Å². The third-order valence-corrected chi connectivity index (χ3v) is 4.50. The van der Waals surface area contributed by atoms with Crippen LogP contribution in [0.15, 0.2) is 15.8 Å². The SMILES string of the molecule is C.C[O-].Cc1cn(C2C[C@@H](OC(=O)C(C)(C)C)[C@H](COC(=O)C(C)(C)C)O2)c(=O)[nH]c1=O.[Na+]. The van der Waals surface area contributed by atoms with Gasteiger partial charge in [0.1, 0.15) is 25.0 Å². The van der Waals surface area contributed by atoms with Crippen LogP contribution in [0.25, 0.3) is 0 Å². The number of esters is 2. The second-order valence-corrected chi connectivity index (χ2v) is 9.39. The zero-order chi connectivity index (χ0) is 24.1. The molecule has 0 amide bonds. The number of carbonyl (C=O) groups is 2. The molecule has 1 saturated heterocycles. The molecular formula is C22H37N2NaO8. The Balaban J connectivity index is 0. The van der Waals surface area contributed by atoms with Crippen molar-refractivity contribution in [1.82, 2.24) is 9.55 Å². The fourth-order valence-corrected chi connectivity index (χ4v) is 2.63. The molecule has 0 saturated carbocycles. The second kappa shape index (κ2) is 13.4. The topological polar surface area (TPSA) is 140 Å². The quantitative estimate of drug-likeness (QED) is 0.397. The zero-order valence-electron chi connectivity index (χ0n) is 20.4. The van der Waals surface area contributed by atoms with Crippen molar-refractivity contribution in [2.75, 3.05) is 13.7 Å². The van der Waals surface area contributed by atoms with Crippen molar-refractivity contribution < 1.29 is 58.5 Å². The number of aromatic amines is 1. The molecule has 11 heteroatoms. The number of nitrogens with one attached hydrogen (secondary N) is 1. The smallest absolute Gasteiger partial charge is 0.857 e. The van der Waals surface area contributed by atoms with Crippen LogP contribution in [0.1, 0.15) is 67.2 Å². The van der Waals surface area contributed by atoms with Gasteiger partial charge in [-0.25, -0.2) is 4.79 Å². The van der Waals surface area contributed by atoms with E-state index in [-0.39, 0.29) is 50.0 Å². The minimum atomic E-state index is -0.769. The summed E-state index contributed by atoms with van der Waals surface area (Å²) in [5.41, 5.74) is -2.17. The third kappa shape index (κ3) is 9.36. The molecule has 0 aromatic carbocycles. The van der Waals surface area contributed by atoms with Gasteiger partial charge in [0.2, 0.25) is 0 Å². The first-order valence-electron chi connectivity index (χ1n) is 9.97. The summed E-state index contributed by atoms with van der Waals surface area (Å²) >= 11 is 0. The van der Waals surface area contributed by atoms with E-state index in [0.717, 1.165) is 7.11 Å². The standard InChI is InChI=1S/C20H30N2O7.CH3O.CH4.Na/c1-11-9-22(18(26)21-15(11)23)14-8-12(29-17(25)20(5,6)7)13(28-14)10-27-16(24)19(2,3)4;1-2;;/h9,12-14H,8,10H2,1-7H3,(H,21,23,26);1H3;1H4;/q;-1;;+1/t12-,13+,14?;;;/m1.../s1. The van der Waals surface area contributed by atoms with Gasteiger partial charge in [0.15, 0.2) is 0 Å². The van der Waals surface area contributed by atoms with Crippen molar-refractivity contribution in [3.63, 3.8) is 0 Å². The molecule has 1 fully saturated rings. The van der Waals surface area contributed by atoms with Crippen LogP contribution in [0.4, 0.5) is 0 Å². The summed E-state index contributed by atoms with van der Waals surface area (Å²) in [6.07, 6.45) is -0.632. The molecule has 1 N–H and O–H groups in total. The number of hydrogen-bond acceptors (Lipinski definition) is 8. The van der Waals surface area contributed by atoms with Gasteiger partial charge in [-0.15, -0.1) is 0 Å². The number of nitrogens with zero attached hydrogens (tertiary/aromatic N) is 1. The van der Waals surface area contributed by atoms with Gasteiger partial charge >= 0.3 is 47.2 Å². The van der Waals surface area contributed by atoms with E-state index in [4.69, 9.17) is 19.3 Å². The van der Waals surface area contributed by atoms with Crippen molar-refractivity contribution in [3.05, 3.63) is 32.6 Å². The Morgan fingerprint density at radius 1 is 1.12 bits per heavy atom. The molecule has 1 aromatic heterocycles. The number of aryl methyl sites for hydroxylation is 1. The largest absolute Gasteiger partial charge is 1.00 e.